The maximum absolute atomic E-state index is 5.38. The molecule has 1 heterocycles. The Morgan fingerprint density at radius 1 is 1.45 bits per heavy atom. The van der Waals surface area contributed by atoms with Crippen molar-refractivity contribution in [3.8, 4) is 0 Å². The third kappa shape index (κ3) is 2.77. The highest BCUT2D eigenvalue weighted by molar-refractivity contribution is 4.67. The van der Waals surface area contributed by atoms with E-state index in [2.05, 4.69) is 6.92 Å². The lowest BCUT2D eigenvalue weighted by atomic mass is 10.1. The Balaban J connectivity index is 2.14. The van der Waals surface area contributed by atoms with Crippen molar-refractivity contribution in [3.63, 3.8) is 0 Å². The van der Waals surface area contributed by atoms with Gasteiger partial charge in [-0.3, -0.25) is 0 Å². The largest absolute Gasteiger partial charge is 0.378 e. The van der Waals surface area contributed by atoms with Gasteiger partial charge in [0.05, 0.1) is 13.2 Å². The van der Waals surface area contributed by atoms with Crippen molar-refractivity contribution in [2.45, 2.75) is 18.9 Å². The summed E-state index contributed by atoms with van der Waals surface area (Å²) >= 11 is 0. The number of hydrogen-bond acceptors (Lipinski definition) is 3. The van der Waals surface area contributed by atoms with E-state index in [0.29, 0.717) is 12.7 Å². The summed E-state index contributed by atoms with van der Waals surface area (Å²) in [6, 6.07) is 0. The molecule has 0 saturated carbocycles. The quantitative estimate of drug-likeness (QED) is 0.608. The molecular formula is C8H16NO2. The molecule has 0 aromatic heterocycles. The van der Waals surface area contributed by atoms with E-state index < -0.39 is 0 Å². The lowest BCUT2D eigenvalue weighted by Gasteiger charge is -2.29. The van der Waals surface area contributed by atoms with Crippen LogP contribution in [0.15, 0.2) is 0 Å². The third-order valence-corrected chi connectivity index (χ3v) is 2.01. The Kier molecular flexibility index (Phi) is 3.83. The zero-order valence-electron chi connectivity index (χ0n) is 7.08. The highest BCUT2D eigenvalue weighted by atomic mass is 16.7. The number of rotatable bonds is 3. The summed E-state index contributed by atoms with van der Waals surface area (Å²) in [5.41, 5.74) is 0. The van der Waals surface area contributed by atoms with Crippen LogP contribution in [0.1, 0.15) is 12.8 Å². The molecule has 0 aromatic carbocycles. The second-order valence-electron chi connectivity index (χ2n) is 2.68. The average molecular weight is 158 g/mol. The van der Waals surface area contributed by atoms with Crippen molar-refractivity contribution < 1.29 is 9.57 Å². The van der Waals surface area contributed by atoms with Gasteiger partial charge in [0.1, 0.15) is 0 Å². The van der Waals surface area contributed by atoms with Crippen LogP contribution in [-0.2, 0) is 9.57 Å². The molecule has 1 saturated heterocycles. The lowest BCUT2D eigenvalue weighted by Crippen LogP contribution is -2.36. The number of ether oxygens (including phenoxy) is 1. The van der Waals surface area contributed by atoms with E-state index in [0.717, 1.165) is 25.9 Å². The second kappa shape index (κ2) is 4.70. The number of piperidine rings is 1. The van der Waals surface area contributed by atoms with E-state index in [1.807, 2.05) is 5.06 Å². The summed E-state index contributed by atoms with van der Waals surface area (Å²) < 4.78 is 5.38. The second-order valence-corrected chi connectivity index (χ2v) is 2.68. The summed E-state index contributed by atoms with van der Waals surface area (Å²) in [5.74, 6) is 0. The molecule has 0 aromatic rings. The van der Waals surface area contributed by atoms with Crippen molar-refractivity contribution in [2.24, 2.45) is 0 Å². The molecule has 0 spiro atoms. The van der Waals surface area contributed by atoms with Crippen LogP contribution < -0.4 is 0 Å². The van der Waals surface area contributed by atoms with Crippen LogP contribution in [0, 0.1) is 6.92 Å². The van der Waals surface area contributed by atoms with Crippen LogP contribution >= 0.6 is 0 Å². The predicted molar refractivity (Wildman–Crippen MR) is 42.9 cm³/mol. The first kappa shape index (κ1) is 8.97. The molecule has 0 bridgehead atoms. The Hall–Kier alpha value is -0.120. The van der Waals surface area contributed by atoms with E-state index >= 15 is 0 Å². The molecule has 0 amide bonds. The Morgan fingerprint density at radius 2 is 2.09 bits per heavy atom. The van der Waals surface area contributed by atoms with Gasteiger partial charge in [0.25, 0.3) is 0 Å². The van der Waals surface area contributed by atoms with Gasteiger partial charge in [0.2, 0.25) is 0 Å². The van der Waals surface area contributed by atoms with Gasteiger partial charge in [0.15, 0.2) is 0 Å². The zero-order valence-corrected chi connectivity index (χ0v) is 7.08. The summed E-state index contributed by atoms with van der Waals surface area (Å²) in [7, 11) is 1.71. The molecule has 1 fully saturated rings. The van der Waals surface area contributed by atoms with E-state index in [9.17, 15) is 0 Å². The SMILES string of the molecule is [CH2]COC1CCN(OC)CC1. The van der Waals surface area contributed by atoms with Crippen molar-refractivity contribution in [2.75, 3.05) is 26.8 Å². The number of nitrogens with zero attached hydrogens (tertiary/aromatic N) is 1. The van der Waals surface area contributed by atoms with E-state index in [4.69, 9.17) is 9.57 Å². The van der Waals surface area contributed by atoms with Crippen LogP contribution in [0.3, 0.4) is 0 Å². The van der Waals surface area contributed by atoms with Crippen LogP contribution in [0.5, 0.6) is 0 Å². The fourth-order valence-electron chi connectivity index (χ4n) is 1.35. The topological polar surface area (TPSA) is 21.7 Å². The first-order valence-electron chi connectivity index (χ1n) is 4.06. The molecule has 0 N–H and O–H groups in total. The minimum absolute atomic E-state index is 0.402. The van der Waals surface area contributed by atoms with Gasteiger partial charge in [-0.25, -0.2) is 0 Å². The van der Waals surface area contributed by atoms with Crippen molar-refractivity contribution in [1.29, 1.82) is 0 Å². The summed E-state index contributed by atoms with van der Waals surface area (Å²) in [6.07, 6.45) is 2.52. The van der Waals surface area contributed by atoms with Crippen LogP contribution in [0.2, 0.25) is 0 Å². The number of hydroxylamine groups is 2. The summed E-state index contributed by atoms with van der Waals surface area (Å²) in [6.45, 7) is 6.18. The minimum atomic E-state index is 0.402. The molecule has 65 valence electrons. The Morgan fingerprint density at radius 3 is 2.55 bits per heavy atom. The molecule has 11 heavy (non-hydrogen) atoms. The lowest BCUT2D eigenvalue weighted by molar-refractivity contribution is -0.159. The maximum atomic E-state index is 5.38. The smallest absolute Gasteiger partial charge is 0.0601 e. The molecule has 0 atom stereocenters. The van der Waals surface area contributed by atoms with Gasteiger partial charge in [-0.1, -0.05) is 0 Å². The summed E-state index contributed by atoms with van der Waals surface area (Å²) in [4.78, 5) is 5.08. The first-order chi connectivity index (χ1) is 5.36. The van der Waals surface area contributed by atoms with Crippen molar-refractivity contribution in [3.05, 3.63) is 6.92 Å². The normalized spacial score (nSPS) is 22.4. The maximum Gasteiger partial charge on any atom is 0.0601 e. The summed E-state index contributed by atoms with van der Waals surface area (Å²) in [5, 5.41) is 1.96. The van der Waals surface area contributed by atoms with Crippen molar-refractivity contribution in [1.82, 2.24) is 5.06 Å². The highest BCUT2D eigenvalue weighted by Gasteiger charge is 2.18. The zero-order chi connectivity index (χ0) is 8.10. The van der Waals surface area contributed by atoms with Gasteiger partial charge >= 0.3 is 0 Å². The van der Waals surface area contributed by atoms with Crippen LogP contribution in [-0.4, -0.2) is 38.0 Å². The van der Waals surface area contributed by atoms with Crippen LogP contribution in [0.25, 0.3) is 0 Å². The molecule has 0 unspecified atom stereocenters. The Labute approximate surface area is 68.2 Å². The fourth-order valence-corrected chi connectivity index (χ4v) is 1.35. The molecular weight excluding hydrogens is 142 g/mol. The third-order valence-electron chi connectivity index (χ3n) is 2.01. The van der Waals surface area contributed by atoms with Gasteiger partial charge in [-0.15, -0.1) is 0 Å². The van der Waals surface area contributed by atoms with Crippen LogP contribution in [0.4, 0.5) is 0 Å². The van der Waals surface area contributed by atoms with E-state index in [1.165, 1.54) is 0 Å². The van der Waals surface area contributed by atoms with E-state index in [1.54, 1.807) is 7.11 Å². The first-order valence-corrected chi connectivity index (χ1v) is 4.06. The highest BCUT2D eigenvalue weighted by Crippen LogP contribution is 2.12. The van der Waals surface area contributed by atoms with Gasteiger partial charge in [0, 0.05) is 19.7 Å². The van der Waals surface area contributed by atoms with Gasteiger partial charge < -0.3 is 9.57 Å². The number of hydrogen-bond donors (Lipinski definition) is 0. The van der Waals surface area contributed by atoms with Gasteiger partial charge in [-0.05, 0) is 19.8 Å². The molecule has 1 aliphatic heterocycles. The van der Waals surface area contributed by atoms with Gasteiger partial charge in [-0.2, -0.15) is 5.06 Å². The molecule has 1 radical (unpaired) electrons. The van der Waals surface area contributed by atoms with E-state index in [-0.39, 0.29) is 0 Å². The molecule has 0 aliphatic carbocycles. The fraction of sp³-hybridized carbons (Fsp3) is 0.875. The van der Waals surface area contributed by atoms with Crippen molar-refractivity contribution >= 4 is 0 Å². The molecule has 1 rings (SSSR count). The monoisotopic (exact) mass is 158 g/mol. The molecule has 3 heteroatoms. The molecule has 1 aliphatic rings. The average Bonchev–Trinajstić information content (AvgIpc) is 2.07. The minimum Gasteiger partial charge on any atom is -0.378 e. The predicted octanol–water partition coefficient (Wildman–Crippen LogP) is 0.863. The Bertz CT molecular complexity index is 100. The standard InChI is InChI=1S/C8H16NO2/c1-3-11-8-4-6-9(10-2)7-5-8/h8H,1,3-7H2,2H3. The molecule has 3 nitrogen and oxygen atoms in total.